The molecular weight excluding hydrogens is 228 g/mol. The summed E-state index contributed by atoms with van der Waals surface area (Å²) < 4.78 is 22.4. The number of benzene rings is 1. The highest BCUT2D eigenvalue weighted by Gasteiger charge is 2.07. The highest BCUT2D eigenvalue weighted by molar-refractivity contribution is 8.00. The van der Waals surface area contributed by atoms with Crippen LogP contribution >= 0.6 is 11.8 Å². The lowest BCUT2D eigenvalue weighted by atomic mass is 10.4. The van der Waals surface area contributed by atoms with E-state index in [2.05, 4.69) is 13.8 Å². The van der Waals surface area contributed by atoms with Crippen molar-refractivity contribution in [2.24, 2.45) is 0 Å². The smallest absolute Gasteiger partial charge is 0.175 e. The Kier molecular flexibility index (Phi) is 4.22. The van der Waals surface area contributed by atoms with Crippen molar-refractivity contribution in [2.45, 2.75) is 35.3 Å². The number of sulfone groups is 1. The summed E-state index contributed by atoms with van der Waals surface area (Å²) in [7, 11) is -3.06. The Hall–Kier alpha value is -0.480. The van der Waals surface area contributed by atoms with Crippen LogP contribution in [0.4, 0.5) is 0 Å². The Morgan fingerprint density at radius 3 is 2.20 bits per heavy atom. The maximum absolute atomic E-state index is 11.2. The van der Waals surface area contributed by atoms with Gasteiger partial charge in [0, 0.05) is 16.4 Å². The molecule has 0 saturated carbocycles. The maximum Gasteiger partial charge on any atom is 0.175 e. The van der Waals surface area contributed by atoms with Gasteiger partial charge in [-0.15, -0.1) is 11.8 Å². The minimum atomic E-state index is -3.06. The van der Waals surface area contributed by atoms with E-state index in [1.807, 2.05) is 12.1 Å². The van der Waals surface area contributed by atoms with Gasteiger partial charge < -0.3 is 0 Å². The zero-order valence-corrected chi connectivity index (χ0v) is 10.9. The fourth-order valence-electron chi connectivity index (χ4n) is 1.08. The molecule has 0 aliphatic heterocycles. The highest BCUT2D eigenvalue weighted by atomic mass is 32.2. The molecular formula is C11H16O2S2. The predicted octanol–water partition coefficient (Wildman–Crippen LogP) is 2.98. The highest BCUT2D eigenvalue weighted by Crippen LogP contribution is 2.25. The Labute approximate surface area is 96.0 Å². The second-order valence-electron chi connectivity index (χ2n) is 3.58. The lowest BCUT2D eigenvalue weighted by Gasteiger charge is -2.08. The Morgan fingerprint density at radius 2 is 1.80 bits per heavy atom. The van der Waals surface area contributed by atoms with E-state index in [1.165, 1.54) is 6.26 Å². The second-order valence-corrected chi connectivity index (χ2v) is 7.11. The molecule has 0 aliphatic carbocycles. The van der Waals surface area contributed by atoms with Crippen LogP contribution in [-0.2, 0) is 9.84 Å². The number of rotatable bonds is 4. The topological polar surface area (TPSA) is 34.1 Å². The van der Waals surface area contributed by atoms with E-state index in [4.69, 9.17) is 0 Å². The molecule has 0 aliphatic rings. The molecule has 0 spiro atoms. The van der Waals surface area contributed by atoms with Gasteiger partial charge in [0.2, 0.25) is 0 Å². The average molecular weight is 244 g/mol. The molecule has 84 valence electrons. The summed E-state index contributed by atoms with van der Waals surface area (Å²) in [6, 6.07) is 7.07. The summed E-state index contributed by atoms with van der Waals surface area (Å²) in [5.41, 5.74) is 0. The summed E-state index contributed by atoms with van der Waals surface area (Å²) in [5, 5.41) is 0.564. The van der Waals surface area contributed by atoms with Crippen molar-refractivity contribution >= 4 is 21.6 Å². The first-order chi connectivity index (χ1) is 6.93. The van der Waals surface area contributed by atoms with Crippen LogP contribution in [0.5, 0.6) is 0 Å². The molecule has 15 heavy (non-hydrogen) atoms. The van der Waals surface area contributed by atoms with Gasteiger partial charge >= 0.3 is 0 Å². The van der Waals surface area contributed by atoms with Gasteiger partial charge in [0.15, 0.2) is 9.84 Å². The quantitative estimate of drug-likeness (QED) is 0.764. The van der Waals surface area contributed by atoms with Gasteiger partial charge in [-0.25, -0.2) is 8.42 Å². The first-order valence-corrected chi connectivity index (χ1v) is 7.67. The van der Waals surface area contributed by atoms with Crippen LogP contribution in [0.15, 0.2) is 34.1 Å². The zero-order chi connectivity index (χ0) is 11.5. The molecule has 1 aromatic rings. The average Bonchev–Trinajstić information content (AvgIpc) is 2.17. The molecule has 0 fully saturated rings. The van der Waals surface area contributed by atoms with Gasteiger partial charge in [0.05, 0.1) is 4.90 Å². The summed E-state index contributed by atoms with van der Waals surface area (Å²) >= 11 is 1.77. The zero-order valence-electron chi connectivity index (χ0n) is 9.23. The molecule has 4 heteroatoms. The lowest BCUT2D eigenvalue weighted by Crippen LogP contribution is -1.97. The van der Waals surface area contributed by atoms with Gasteiger partial charge in [-0.1, -0.05) is 13.8 Å². The standard InChI is InChI=1S/C11H16O2S2/c1-4-9(2)14-10-5-7-11(8-6-10)15(3,12)13/h5-9H,4H2,1-3H3/t9-/m1/s1. The fraction of sp³-hybridized carbons (Fsp3) is 0.455. The molecule has 0 bridgehead atoms. The third-order valence-corrected chi connectivity index (χ3v) is 4.57. The minimum Gasteiger partial charge on any atom is -0.224 e. The van der Waals surface area contributed by atoms with Gasteiger partial charge in [-0.05, 0) is 30.7 Å². The second kappa shape index (κ2) is 5.03. The van der Waals surface area contributed by atoms with Gasteiger partial charge in [-0.3, -0.25) is 0 Å². The molecule has 0 aromatic heterocycles. The van der Waals surface area contributed by atoms with Crippen LogP contribution in [0.3, 0.4) is 0 Å². The molecule has 1 aromatic carbocycles. The van der Waals surface area contributed by atoms with E-state index in [1.54, 1.807) is 23.9 Å². The van der Waals surface area contributed by atoms with Crippen LogP contribution < -0.4 is 0 Å². The monoisotopic (exact) mass is 244 g/mol. The van der Waals surface area contributed by atoms with Crippen molar-refractivity contribution < 1.29 is 8.42 Å². The Bertz CT molecular complexity index is 407. The summed E-state index contributed by atoms with van der Waals surface area (Å²) in [6.45, 7) is 4.30. The largest absolute Gasteiger partial charge is 0.224 e. The Balaban J connectivity index is 2.82. The summed E-state index contributed by atoms with van der Waals surface area (Å²) in [6.07, 6.45) is 2.34. The molecule has 2 nitrogen and oxygen atoms in total. The van der Waals surface area contributed by atoms with Gasteiger partial charge in [0.25, 0.3) is 0 Å². The van der Waals surface area contributed by atoms with Crippen LogP contribution in [0, 0.1) is 0 Å². The molecule has 0 unspecified atom stereocenters. The van der Waals surface area contributed by atoms with E-state index in [-0.39, 0.29) is 0 Å². The molecule has 0 radical (unpaired) electrons. The normalized spacial score (nSPS) is 13.8. The number of hydrogen-bond donors (Lipinski definition) is 0. The third kappa shape index (κ3) is 3.87. The molecule has 1 rings (SSSR count). The van der Waals surface area contributed by atoms with Crippen molar-refractivity contribution in [3.63, 3.8) is 0 Å². The minimum absolute atomic E-state index is 0.385. The van der Waals surface area contributed by atoms with E-state index in [9.17, 15) is 8.42 Å². The van der Waals surface area contributed by atoms with Gasteiger partial charge in [0.1, 0.15) is 0 Å². The first kappa shape index (κ1) is 12.6. The van der Waals surface area contributed by atoms with Crippen LogP contribution in [-0.4, -0.2) is 19.9 Å². The third-order valence-electron chi connectivity index (χ3n) is 2.16. The molecule has 0 saturated heterocycles. The van der Waals surface area contributed by atoms with Crippen molar-refractivity contribution in [3.8, 4) is 0 Å². The molecule has 1 atom stereocenters. The molecule has 0 amide bonds. The van der Waals surface area contributed by atoms with Crippen molar-refractivity contribution in [1.29, 1.82) is 0 Å². The SMILES string of the molecule is CC[C@@H](C)Sc1ccc(S(C)(=O)=O)cc1. The predicted molar refractivity (Wildman–Crippen MR) is 65.2 cm³/mol. The number of hydrogen-bond acceptors (Lipinski definition) is 3. The van der Waals surface area contributed by atoms with Gasteiger partial charge in [-0.2, -0.15) is 0 Å². The van der Waals surface area contributed by atoms with Crippen molar-refractivity contribution in [2.75, 3.05) is 6.26 Å². The van der Waals surface area contributed by atoms with E-state index >= 15 is 0 Å². The number of thioether (sulfide) groups is 1. The summed E-state index contributed by atoms with van der Waals surface area (Å²) in [5.74, 6) is 0. The first-order valence-electron chi connectivity index (χ1n) is 4.90. The van der Waals surface area contributed by atoms with Crippen LogP contribution in [0.1, 0.15) is 20.3 Å². The lowest BCUT2D eigenvalue weighted by molar-refractivity contribution is 0.602. The Morgan fingerprint density at radius 1 is 1.27 bits per heavy atom. The van der Waals surface area contributed by atoms with Crippen molar-refractivity contribution in [1.82, 2.24) is 0 Å². The molecule has 0 N–H and O–H groups in total. The van der Waals surface area contributed by atoms with Crippen LogP contribution in [0.2, 0.25) is 0 Å². The molecule has 0 heterocycles. The van der Waals surface area contributed by atoms with E-state index in [0.29, 0.717) is 10.1 Å². The maximum atomic E-state index is 11.2. The fourth-order valence-corrected chi connectivity index (χ4v) is 2.64. The van der Waals surface area contributed by atoms with E-state index in [0.717, 1.165) is 11.3 Å². The summed E-state index contributed by atoms with van der Waals surface area (Å²) in [4.78, 5) is 1.51. The van der Waals surface area contributed by atoms with E-state index < -0.39 is 9.84 Å². The van der Waals surface area contributed by atoms with Crippen LogP contribution in [0.25, 0.3) is 0 Å². The van der Waals surface area contributed by atoms with Crippen molar-refractivity contribution in [3.05, 3.63) is 24.3 Å².